The maximum atomic E-state index is 12.7. The van der Waals surface area contributed by atoms with Crippen LogP contribution in [0.15, 0.2) is 43.0 Å². The molecule has 25 heavy (non-hydrogen) atoms. The molecule has 2 aromatic heterocycles. The highest BCUT2D eigenvalue weighted by atomic mass is 16.5. The Morgan fingerprint density at radius 2 is 2.16 bits per heavy atom. The summed E-state index contributed by atoms with van der Waals surface area (Å²) >= 11 is 0. The van der Waals surface area contributed by atoms with Crippen molar-refractivity contribution in [1.29, 1.82) is 0 Å². The van der Waals surface area contributed by atoms with E-state index in [1.807, 2.05) is 11.0 Å². The largest absolute Gasteiger partial charge is 0.371 e. The Labute approximate surface area is 146 Å². The maximum Gasteiger partial charge on any atom is 0.255 e. The van der Waals surface area contributed by atoms with Crippen LogP contribution in [0.4, 0.5) is 5.95 Å². The predicted octanol–water partition coefficient (Wildman–Crippen LogP) is 1.75. The molecule has 7 nitrogen and oxygen atoms in total. The molecule has 2 aromatic rings. The number of hydrogen-bond acceptors (Lipinski definition) is 6. The van der Waals surface area contributed by atoms with Gasteiger partial charge in [0.05, 0.1) is 30.4 Å². The minimum atomic E-state index is -0.275. The third-order valence-electron chi connectivity index (χ3n) is 4.84. The lowest BCUT2D eigenvalue weighted by molar-refractivity contribution is -0.0447. The molecule has 2 atom stereocenters. The number of ether oxygens (including phenoxy) is 1. The van der Waals surface area contributed by atoms with E-state index in [-0.39, 0.29) is 17.6 Å². The number of pyridine rings is 1. The summed E-state index contributed by atoms with van der Waals surface area (Å²) in [4.78, 5) is 27.1. The summed E-state index contributed by atoms with van der Waals surface area (Å²) < 4.78 is 6.15. The van der Waals surface area contributed by atoms with Gasteiger partial charge in [0.25, 0.3) is 5.91 Å². The quantitative estimate of drug-likeness (QED) is 0.918. The zero-order valence-corrected chi connectivity index (χ0v) is 14.0. The van der Waals surface area contributed by atoms with Crippen LogP contribution in [0.25, 0.3) is 0 Å². The topological polar surface area (TPSA) is 80.2 Å². The van der Waals surface area contributed by atoms with Gasteiger partial charge in [-0.25, -0.2) is 9.97 Å². The molecule has 1 amide bonds. The Hall–Kier alpha value is -2.54. The fourth-order valence-electron chi connectivity index (χ4n) is 3.72. The average molecular weight is 339 g/mol. The Balaban J connectivity index is 1.42. The van der Waals surface area contributed by atoms with Gasteiger partial charge in [0.15, 0.2) is 0 Å². The monoisotopic (exact) mass is 339 g/mol. The number of carbonyl (C=O) groups excluding carboxylic acids is 1. The number of anilines is 1. The molecule has 0 aliphatic carbocycles. The van der Waals surface area contributed by atoms with E-state index in [1.54, 1.807) is 36.9 Å². The van der Waals surface area contributed by atoms with Crippen molar-refractivity contribution in [2.24, 2.45) is 0 Å². The van der Waals surface area contributed by atoms with Crippen LogP contribution in [-0.4, -0.2) is 57.1 Å². The molecule has 0 bridgehead atoms. The van der Waals surface area contributed by atoms with Crippen molar-refractivity contribution in [3.05, 3.63) is 48.5 Å². The highest BCUT2D eigenvalue weighted by molar-refractivity contribution is 5.94. The van der Waals surface area contributed by atoms with Crippen LogP contribution >= 0.6 is 0 Å². The zero-order chi connectivity index (χ0) is 17.1. The van der Waals surface area contributed by atoms with E-state index in [0.717, 1.165) is 25.8 Å². The highest BCUT2D eigenvalue weighted by Crippen LogP contribution is 2.35. The zero-order valence-electron chi connectivity index (χ0n) is 14.0. The fourth-order valence-corrected chi connectivity index (χ4v) is 3.72. The van der Waals surface area contributed by atoms with E-state index >= 15 is 0 Å². The SMILES string of the molecule is O=C(c1cccnc1)N1CCC[C@]2(C[C@H](Nc3ncccn3)CO2)C1. The number of likely N-dealkylation sites (tertiary alicyclic amines) is 1. The van der Waals surface area contributed by atoms with Gasteiger partial charge in [-0.3, -0.25) is 9.78 Å². The molecule has 2 aliphatic rings. The van der Waals surface area contributed by atoms with E-state index in [4.69, 9.17) is 4.74 Å². The van der Waals surface area contributed by atoms with Crippen LogP contribution in [0.5, 0.6) is 0 Å². The average Bonchev–Trinajstić information content (AvgIpc) is 3.04. The van der Waals surface area contributed by atoms with Crippen molar-refractivity contribution in [1.82, 2.24) is 19.9 Å². The van der Waals surface area contributed by atoms with E-state index in [2.05, 4.69) is 20.3 Å². The molecule has 4 rings (SSSR count). The molecule has 2 saturated heterocycles. The summed E-state index contributed by atoms with van der Waals surface area (Å²) in [6.07, 6.45) is 9.50. The molecule has 4 heterocycles. The first-order valence-corrected chi connectivity index (χ1v) is 8.61. The number of nitrogens with one attached hydrogen (secondary N) is 1. The molecular formula is C18H21N5O2. The van der Waals surface area contributed by atoms with Gasteiger partial charge in [-0.2, -0.15) is 0 Å². The molecule has 2 fully saturated rings. The third kappa shape index (κ3) is 3.46. The summed E-state index contributed by atoms with van der Waals surface area (Å²) in [5, 5.41) is 3.33. The van der Waals surface area contributed by atoms with Gasteiger partial charge in [0.1, 0.15) is 0 Å². The van der Waals surface area contributed by atoms with Crippen molar-refractivity contribution in [2.75, 3.05) is 25.0 Å². The Bertz CT molecular complexity index is 727. The Morgan fingerprint density at radius 1 is 1.28 bits per heavy atom. The first-order chi connectivity index (χ1) is 12.2. The molecule has 0 aromatic carbocycles. The second kappa shape index (κ2) is 6.76. The van der Waals surface area contributed by atoms with E-state index in [1.165, 1.54) is 0 Å². The van der Waals surface area contributed by atoms with Crippen LogP contribution in [0.3, 0.4) is 0 Å². The lowest BCUT2D eigenvalue weighted by Gasteiger charge is -2.39. The molecule has 0 saturated carbocycles. The number of piperidine rings is 1. The molecule has 130 valence electrons. The molecule has 2 aliphatic heterocycles. The smallest absolute Gasteiger partial charge is 0.255 e. The van der Waals surface area contributed by atoms with E-state index < -0.39 is 0 Å². The van der Waals surface area contributed by atoms with Gasteiger partial charge < -0.3 is 15.0 Å². The van der Waals surface area contributed by atoms with Crippen molar-refractivity contribution in [2.45, 2.75) is 30.9 Å². The standard InChI is InChI=1S/C18H21N5O2/c24-16(14-4-1-6-19-11-14)23-9-2-5-18(13-23)10-15(12-25-18)22-17-20-7-3-8-21-17/h1,3-4,6-8,11,15H,2,5,9-10,12-13H2,(H,20,21,22)/t15-,18-/m0/s1. The first kappa shape index (κ1) is 16.0. The van der Waals surface area contributed by atoms with Crippen molar-refractivity contribution < 1.29 is 9.53 Å². The second-order valence-corrected chi connectivity index (χ2v) is 6.68. The lowest BCUT2D eigenvalue weighted by Crippen LogP contribution is -2.50. The molecule has 7 heteroatoms. The third-order valence-corrected chi connectivity index (χ3v) is 4.84. The minimum absolute atomic E-state index is 0.0265. The van der Waals surface area contributed by atoms with E-state index in [0.29, 0.717) is 24.7 Å². The summed E-state index contributed by atoms with van der Waals surface area (Å²) in [7, 11) is 0. The van der Waals surface area contributed by atoms with Crippen LogP contribution in [-0.2, 0) is 4.74 Å². The molecule has 1 N–H and O–H groups in total. The van der Waals surface area contributed by atoms with Gasteiger partial charge in [-0.15, -0.1) is 0 Å². The molecule has 1 spiro atoms. The lowest BCUT2D eigenvalue weighted by atomic mass is 9.88. The number of amides is 1. The summed E-state index contributed by atoms with van der Waals surface area (Å²) in [6, 6.07) is 5.55. The number of carbonyl (C=O) groups is 1. The van der Waals surface area contributed by atoms with Gasteiger partial charge in [-0.05, 0) is 31.0 Å². The number of hydrogen-bond donors (Lipinski definition) is 1. The van der Waals surface area contributed by atoms with Gasteiger partial charge in [0, 0.05) is 37.8 Å². The first-order valence-electron chi connectivity index (χ1n) is 8.61. The van der Waals surface area contributed by atoms with Crippen LogP contribution < -0.4 is 5.32 Å². The Kier molecular flexibility index (Phi) is 4.31. The van der Waals surface area contributed by atoms with Crippen molar-refractivity contribution >= 4 is 11.9 Å². The van der Waals surface area contributed by atoms with Gasteiger partial charge in [-0.1, -0.05) is 0 Å². The summed E-state index contributed by atoms with van der Waals surface area (Å²) in [6.45, 7) is 1.99. The molecular weight excluding hydrogens is 318 g/mol. The van der Waals surface area contributed by atoms with Gasteiger partial charge >= 0.3 is 0 Å². The second-order valence-electron chi connectivity index (χ2n) is 6.68. The van der Waals surface area contributed by atoms with Crippen LogP contribution in [0.1, 0.15) is 29.6 Å². The van der Waals surface area contributed by atoms with Gasteiger partial charge in [0.2, 0.25) is 5.95 Å². The molecule has 0 radical (unpaired) electrons. The Morgan fingerprint density at radius 3 is 2.96 bits per heavy atom. The number of aromatic nitrogens is 3. The predicted molar refractivity (Wildman–Crippen MR) is 92.1 cm³/mol. The van der Waals surface area contributed by atoms with Crippen LogP contribution in [0.2, 0.25) is 0 Å². The fraction of sp³-hybridized carbons (Fsp3) is 0.444. The summed E-state index contributed by atoms with van der Waals surface area (Å²) in [5.41, 5.74) is 0.354. The number of rotatable bonds is 3. The van der Waals surface area contributed by atoms with Crippen molar-refractivity contribution in [3.8, 4) is 0 Å². The minimum Gasteiger partial charge on any atom is -0.371 e. The maximum absolute atomic E-state index is 12.7. The summed E-state index contributed by atoms with van der Waals surface area (Å²) in [5.74, 6) is 0.644. The van der Waals surface area contributed by atoms with E-state index in [9.17, 15) is 4.79 Å². The van der Waals surface area contributed by atoms with Crippen LogP contribution in [0, 0.1) is 0 Å². The molecule has 0 unspecified atom stereocenters. The van der Waals surface area contributed by atoms with Crippen molar-refractivity contribution in [3.63, 3.8) is 0 Å². The number of nitrogens with zero attached hydrogens (tertiary/aromatic N) is 4. The normalized spacial score (nSPS) is 25.9. The highest BCUT2D eigenvalue weighted by Gasteiger charge is 2.44.